The number of aliphatic hydroxyl groups is 1. The monoisotopic (exact) mass is 425 g/mol. The fourth-order valence-corrected chi connectivity index (χ4v) is 3.65. The number of rotatable bonds is 18. The number of likely N-dealkylation sites (N-methyl/N-ethyl adjacent to an activating group) is 1. The van der Waals surface area contributed by atoms with Crippen molar-refractivity contribution in [3.63, 3.8) is 0 Å². The van der Waals surface area contributed by atoms with Crippen LogP contribution in [0.5, 0.6) is 0 Å². The molecule has 1 N–H and O–H groups in total. The van der Waals surface area contributed by atoms with Crippen LogP contribution >= 0.6 is 7.82 Å². The standard InChI is InChI=1S/C17H38NO.C4H11O4P/c1-4-5-6-7-8-9-10-11-12-13-14-15-18(2,3)16-17-19;1-3-7-9(5,6)8-4-2/h19H,4-17H2,1-3H3;3-4H2,1-2H3,(H,5,6)/q+1;/p-1. The van der Waals surface area contributed by atoms with E-state index in [1.807, 2.05) is 0 Å². The number of hydrogen-bond donors (Lipinski definition) is 1. The fraction of sp³-hybridized carbons (Fsp3) is 1.00. The van der Waals surface area contributed by atoms with Crippen molar-refractivity contribution in [1.29, 1.82) is 0 Å². The van der Waals surface area contributed by atoms with E-state index in [9.17, 15) is 9.46 Å². The van der Waals surface area contributed by atoms with Gasteiger partial charge in [0, 0.05) is 0 Å². The van der Waals surface area contributed by atoms with E-state index in [0.717, 1.165) is 11.0 Å². The van der Waals surface area contributed by atoms with Gasteiger partial charge in [0.25, 0.3) is 7.82 Å². The lowest BCUT2D eigenvalue weighted by atomic mass is 10.1. The molecule has 0 heterocycles. The Balaban J connectivity index is 0. The average Bonchev–Trinajstić information content (AvgIpc) is 2.60. The van der Waals surface area contributed by atoms with E-state index in [-0.39, 0.29) is 13.2 Å². The molecular formula is C21H48NO5P. The molecule has 6 nitrogen and oxygen atoms in total. The molecule has 0 aromatic rings. The first-order valence-corrected chi connectivity index (χ1v) is 12.7. The molecule has 0 saturated heterocycles. The van der Waals surface area contributed by atoms with Crippen molar-refractivity contribution in [1.82, 2.24) is 0 Å². The first kappa shape index (κ1) is 30.2. The zero-order chi connectivity index (χ0) is 21.7. The van der Waals surface area contributed by atoms with Crippen molar-refractivity contribution >= 4 is 7.82 Å². The van der Waals surface area contributed by atoms with Crippen molar-refractivity contribution in [3.8, 4) is 0 Å². The molecule has 0 atom stereocenters. The number of quaternary nitrogens is 1. The zero-order valence-electron chi connectivity index (χ0n) is 19.3. The van der Waals surface area contributed by atoms with Crippen molar-refractivity contribution in [2.45, 2.75) is 91.4 Å². The second kappa shape index (κ2) is 20.3. The summed E-state index contributed by atoms with van der Waals surface area (Å²) < 4.78 is 19.9. The minimum Gasteiger partial charge on any atom is -0.756 e. The van der Waals surface area contributed by atoms with Gasteiger partial charge in [0.2, 0.25) is 0 Å². The average molecular weight is 426 g/mol. The molecular weight excluding hydrogens is 377 g/mol. The van der Waals surface area contributed by atoms with E-state index in [2.05, 4.69) is 30.1 Å². The molecule has 0 aliphatic heterocycles. The highest BCUT2D eigenvalue weighted by atomic mass is 31.2. The molecule has 172 valence electrons. The van der Waals surface area contributed by atoms with Crippen LogP contribution in [0.25, 0.3) is 0 Å². The summed E-state index contributed by atoms with van der Waals surface area (Å²) >= 11 is 0. The van der Waals surface area contributed by atoms with Gasteiger partial charge < -0.3 is 23.5 Å². The molecule has 0 spiro atoms. The Morgan fingerprint density at radius 1 is 0.750 bits per heavy atom. The van der Waals surface area contributed by atoms with Gasteiger partial charge >= 0.3 is 0 Å². The van der Waals surface area contributed by atoms with Crippen LogP contribution in [0.15, 0.2) is 0 Å². The smallest absolute Gasteiger partial charge is 0.267 e. The maximum absolute atomic E-state index is 10.4. The number of phosphoric ester groups is 1. The molecule has 0 radical (unpaired) electrons. The van der Waals surface area contributed by atoms with Crippen LogP contribution in [0.2, 0.25) is 0 Å². The summed E-state index contributed by atoms with van der Waals surface area (Å²) in [7, 11) is 0.487. The van der Waals surface area contributed by atoms with Gasteiger partial charge in [0.15, 0.2) is 0 Å². The van der Waals surface area contributed by atoms with Gasteiger partial charge in [-0.1, -0.05) is 64.7 Å². The highest BCUT2D eigenvalue weighted by Crippen LogP contribution is 2.37. The Labute approximate surface area is 174 Å². The Hall–Kier alpha value is 0.0300. The number of hydrogen-bond acceptors (Lipinski definition) is 5. The minimum atomic E-state index is -3.94. The maximum Gasteiger partial charge on any atom is 0.267 e. The number of phosphoric acid groups is 1. The highest BCUT2D eigenvalue weighted by Gasteiger charge is 2.12. The van der Waals surface area contributed by atoms with Gasteiger partial charge in [-0.25, -0.2) is 0 Å². The molecule has 0 unspecified atom stereocenters. The topological polar surface area (TPSA) is 78.8 Å². The first-order chi connectivity index (χ1) is 13.2. The van der Waals surface area contributed by atoms with E-state index in [1.165, 1.54) is 77.2 Å². The Kier molecular flexibility index (Phi) is 21.9. The first-order valence-electron chi connectivity index (χ1n) is 11.3. The highest BCUT2D eigenvalue weighted by molar-refractivity contribution is 7.45. The second-order valence-electron chi connectivity index (χ2n) is 7.92. The molecule has 0 aliphatic rings. The molecule has 0 saturated carbocycles. The largest absolute Gasteiger partial charge is 0.756 e. The summed E-state index contributed by atoms with van der Waals surface area (Å²) in [5, 5.41) is 8.96. The lowest BCUT2D eigenvalue weighted by molar-refractivity contribution is -0.890. The quantitative estimate of drug-likeness (QED) is 0.192. The van der Waals surface area contributed by atoms with Gasteiger partial charge in [-0.2, -0.15) is 0 Å². The van der Waals surface area contributed by atoms with Crippen LogP contribution in [-0.2, 0) is 13.6 Å². The lowest BCUT2D eigenvalue weighted by Crippen LogP contribution is -2.42. The Bertz CT molecular complexity index is 357. The fourth-order valence-electron chi connectivity index (χ4n) is 2.94. The van der Waals surface area contributed by atoms with E-state index in [1.54, 1.807) is 13.8 Å². The van der Waals surface area contributed by atoms with Crippen LogP contribution in [0, 0.1) is 0 Å². The van der Waals surface area contributed by atoms with Crippen LogP contribution < -0.4 is 4.89 Å². The van der Waals surface area contributed by atoms with Gasteiger partial charge in [-0.15, -0.1) is 0 Å². The summed E-state index contributed by atoms with van der Waals surface area (Å²) in [6.45, 7) is 8.11. The molecule has 0 aromatic heterocycles. The van der Waals surface area contributed by atoms with Crippen LogP contribution in [0.4, 0.5) is 0 Å². The Morgan fingerprint density at radius 3 is 1.50 bits per heavy atom. The van der Waals surface area contributed by atoms with Crippen molar-refractivity contribution in [2.75, 3.05) is 47.0 Å². The summed E-state index contributed by atoms with van der Waals surface area (Å²) in [6, 6.07) is 0. The maximum atomic E-state index is 10.4. The molecule has 0 aliphatic carbocycles. The molecule has 0 amide bonds. The van der Waals surface area contributed by atoms with E-state index < -0.39 is 7.82 Å². The molecule has 0 aromatic carbocycles. The number of unbranched alkanes of at least 4 members (excludes halogenated alkanes) is 10. The van der Waals surface area contributed by atoms with Gasteiger partial charge in [-0.3, -0.25) is 4.57 Å². The van der Waals surface area contributed by atoms with E-state index in [4.69, 9.17) is 5.11 Å². The summed E-state index contributed by atoms with van der Waals surface area (Å²) in [6.07, 6.45) is 15.5. The molecule has 0 rings (SSSR count). The van der Waals surface area contributed by atoms with Gasteiger partial charge in [0.05, 0.1) is 40.5 Å². The normalized spacial score (nSPS) is 12.0. The third kappa shape index (κ3) is 24.1. The molecule has 0 fully saturated rings. The number of nitrogens with zero attached hydrogens (tertiary/aromatic N) is 1. The van der Waals surface area contributed by atoms with Crippen molar-refractivity contribution in [3.05, 3.63) is 0 Å². The van der Waals surface area contributed by atoms with Crippen molar-refractivity contribution < 1.29 is 28.1 Å². The Morgan fingerprint density at radius 2 is 1.14 bits per heavy atom. The molecule has 28 heavy (non-hydrogen) atoms. The zero-order valence-corrected chi connectivity index (χ0v) is 20.2. The summed E-state index contributed by atoms with van der Waals surface area (Å²) in [5.41, 5.74) is 0. The number of aliphatic hydroxyl groups excluding tert-OH is 1. The third-order valence-corrected chi connectivity index (χ3v) is 5.80. The van der Waals surface area contributed by atoms with Crippen molar-refractivity contribution in [2.24, 2.45) is 0 Å². The third-order valence-electron chi connectivity index (χ3n) is 4.65. The van der Waals surface area contributed by atoms with E-state index in [0.29, 0.717) is 6.61 Å². The summed E-state index contributed by atoms with van der Waals surface area (Å²) in [5.74, 6) is 0. The van der Waals surface area contributed by atoms with Crippen LogP contribution in [0.3, 0.4) is 0 Å². The summed E-state index contributed by atoms with van der Waals surface area (Å²) in [4.78, 5) is 10.4. The predicted octanol–water partition coefficient (Wildman–Crippen LogP) is 4.89. The minimum absolute atomic E-state index is 0.126. The van der Waals surface area contributed by atoms with Crippen LogP contribution in [0.1, 0.15) is 91.4 Å². The van der Waals surface area contributed by atoms with Gasteiger partial charge in [0.1, 0.15) is 6.54 Å². The van der Waals surface area contributed by atoms with Crippen LogP contribution in [-0.4, -0.2) is 56.6 Å². The van der Waals surface area contributed by atoms with E-state index >= 15 is 0 Å². The second-order valence-corrected chi connectivity index (χ2v) is 9.34. The molecule has 7 heteroatoms. The molecule has 0 bridgehead atoms. The lowest BCUT2D eigenvalue weighted by Gasteiger charge is -2.28. The predicted molar refractivity (Wildman–Crippen MR) is 116 cm³/mol. The SMILES string of the molecule is CCCCCCCCCCCCC[N+](C)(C)CCO.CCOP(=O)([O-])OCC. The van der Waals surface area contributed by atoms with Gasteiger partial charge in [-0.05, 0) is 26.7 Å².